The number of piperazine rings is 1. The van der Waals surface area contributed by atoms with Crippen LogP contribution in [0, 0.1) is 0 Å². The zero-order chi connectivity index (χ0) is 22.3. The van der Waals surface area contributed by atoms with Crippen molar-refractivity contribution >= 4 is 17.6 Å². The van der Waals surface area contributed by atoms with Gasteiger partial charge in [0, 0.05) is 39.3 Å². The first-order chi connectivity index (χ1) is 16.3. The number of nitrogens with zero attached hydrogens (tertiary/aromatic N) is 5. The number of hydrogen-bond donors (Lipinski definition) is 1. The van der Waals surface area contributed by atoms with Crippen molar-refractivity contribution in [2.45, 2.75) is 18.9 Å². The number of ether oxygens (including phenoxy) is 1. The highest BCUT2D eigenvalue weighted by atomic mass is 16.5. The molecule has 174 valence electrons. The molecule has 3 heterocycles. The Bertz CT molecular complexity index is 920. The minimum absolute atomic E-state index is 0.259. The van der Waals surface area contributed by atoms with Crippen molar-refractivity contribution in [1.29, 1.82) is 0 Å². The van der Waals surface area contributed by atoms with Crippen LogP contribution in [0.2, 0.25) is 0 Å². The lowest BCUT2D eigenvalue weighted by molar-refractivity contribution is 0.0872. The van der Waals surface area contributed by atoms with Crippen LogP contribution in [0.25, 0.3) is 6.08 Å². The molecule has 0 saturated carbocycles. The maximum atomic E-state index is 5.94. The summed E-state index contributed by atoms with van der Waals surface area (Å²) in [4.78, 5) is 5.03. The SMILES string of the molecule is C(=Cc1ccccc1)CN1CCN(CC2=NNN(c3ccccc3)N2CC2CCCO2)CC1. The zero-order valence-corrected chi connectivity index (χ0v) is 19.2. The Morgan fingerprint density at radius 1 is 0.939 bits per heavy atom. The quantitative estimate of drug-likeness (QED) is 0.673. The van der Waals surface area contributed by atoms with Crippen LogP contribution in [0.3, 0.4) is 0 Å². The summed E-state index contributed by atoms with van der Waals surface area (Å²) in [5.74, 6) is 1.06. The van der Waals surface area contributed by atoms with E-state index in [-0.39, 0.29) is 6.10 Å². The number of nitrogens with one attached hydrogen (secondary N) is 1. The summed E-state index contributed by atoms with van der Waals surface area (Å²) < 4.78 is 5.94. The van der Waals surface area contributed by atoms with Gasteiger partial charge in [0.1, 0.15) is 0 Å². The first kappa shape index (κ1) is 21.9. The Hall–Kier alpha value is -2.87. The molecule has 0 bridgehead atoms. The van der Waals surface area contributed by atoms with Gasteiger partial charge in [-0.1, -0.05) is 60.7 Å². The van der Waals surface area contributed by atoms with Gasteiger partial charge in [-0.3, -0.25) is 9.80 Å². The molecule has 33 heavy (non-hydrogen) atoms. The van der Waals surface area contributed by atoms with Gasteiger partial charge in [-0.15, -0.1) is 5.10 Å². The van der Waals surface area contributed by atoms with E-state index >= 15 is 0 Å². The number of hydrazone groups is 1. The Balaban J connectivity index is 1.15. The Morgan fingerprint density at radius 3 is 2.39 bits per heavy atom. The van der Waals surface area contributed by atoms with E-state index in [2.05, 4.69) is 92.2 Å². The number of anilines is 1. The summed E-state index contributed by atoms with van der Waals surface area (Å²) in [7, 11) is 0. The molecule has 1 atom stereocenters. The third-order valence-electron chi connectivity index (χ3n) is 6.52. The Labute approximate surface area is 196 Å². The zero-order valence-electron chi connectivity index (χ0n) is 19.2. The molecule has 0 spiro atoms. The average molecular weight is 447 g/mol. The van der Waals surface area contributed by atoms with Crippen molar-refractivity contribution in [2.24, 2.45) is 5.10 Å². The Morgan fingerprint density at radius 2 is 1.67 bits per heavy atom. The second kappa shape index (κ2) is 10.8. The smallest absolute Gasteiger partial charge is 0.161 e. The molecule has 3 aliphatic rings. The van der Waals surface area contributed by atoms with Crippen molar-refractivity contribution in [3.8, 4) is 0 Å². The van der Waals surface area contributed by atoms with Gasteiger partial charge in [-0.25, -0.2) is 5.01 Å². The van der Waals surface area contributed by atoms with Crippen LogP contribution < -0.4 is 10.7 Å². The molecule has 2 saturated heterocycles. The second-order valence-corrected chi connectivity index (χ2v) is 8.88. The first-order valence-electron chi connectivity index (χ1n) is 12.1. The molecule has 1 N–H and O–H groups in total. The minimum atomic E-state index is 0.259. The van der Waals surface area contributed by atoms with Gasteiger partial charge >= 0.3 is 0 Å². The molecule has 0 radical (unpaired) electrons. The summed E-state index contributed by atoms with van der Waals surface area (Å²) in [6, 6.07) is 20.9. The lowest BCUT2D eigenvalue weighted by atomic mass is 10.2. The molecule has 7 nitrogen and oxygen atoms in total. The maximum Gasteiger partial charge on any atom is 0.161 e. The number of benzene rings is 2. The number of rotatable bonds is 8. The monoisotopic (exact) mass is 446 g/mol. The van der Waals surface area contributed by atoms with Crippen molar-refractivity contribution in [2.75, 3.05) is 57.5 Å². The van der Waals surface area contributed by atoms with Crippen molar-refractivity contribution in [3.63, 3.8) is 0 Å². The van der Waals surface area contributed by atoms with E-state index in [0.29, 0.717) is 0 Å². The highest BCUT2D eigenvalue weighted by molar-refractivity contribution is 5.87. The minimum Gasteiger partial charge on any atom is -0.376 e. The topological polar surface area (TPSA) is 46.6 Å². The van der Waals surface area contributed by atoms with E-state index in [0.717, 1.165) is 76.8 Å². The van der Waals surface area contributed by atoms with Crippen LogP contribution >= 0.6 is 0 Å². The van der Waals surface area contributed by atoms with E-state index in [1.165, 1.54) is 5.56 Å². The summed E-state index contributed by atoms with van der Waals surface area (Å²) in [6.45, 7) is 7.79. The number of para-hydroxylation sites is 1. The number of hydrazine groups is 2. The maximum absolute atomic E-state index is 5.94. The van der Waals surface area contributed by atoms with E-state index in [1.807, 2.05) is 6.07 Å². The van der Waals surface area contributed by atoms with Crippen molar-refractivity contribution < 1.29 is 4.74 Å². The normalized spacial score (nSPS) is 22.2. The van der Waals surface area contributed by atoms with Crippen LogP contribution in [-0.4, -0.2) is 79.2 Å². The van der Waals surface area contributed by atoms with Crippen molar-refractivity contribution in [3.05, 3.63) is 72.3 Å². The Kier molecular flexibility index (Phi) is 7.20. The predicted octanol–water partition coefficient (Wildman–Crippen LogP) is 3.05. The van der Waals surface area contributed by atoms with Gasteiger partial charge in [-0.05, 0) is 30.5 Å². The molecule has 3 aliphatic heterocycles. The highest BCUT2D eigenvalue weighted by Crippen LogP contribution is 2.22. The first-order valence-corrected chi connectivity index (χ1v) is 12.1. The third kappa shape index (κ3) is 5.74. The third-order valence-corrected chi connectivity index (χ3v) is 6.52. The fourth-order valence-electron chi connectivity index (χ4n) is 4.62. The van der Waals surface area contributed by atoms with E-state index in [1.54, 1.807) is 0 Å². The van der Waals surface area contributed by atoms with Crippen LogP contribution in [0.15, 0.2) is 71.8 Å². The van der Waals surface area contributed by atoms with E-state index in [4.69, 9.17) is 9.84 Å². The fraction of sp³-hybridized carbons (Fsp3) is 0.423. The summed E-state index contributed by atoms with van der Waals surface area (Å²) in [5.41, 5.74) is 5.58. The molecule has 0 aliphatic carbocycles. The molecular weight excluding hydrogens is 412 g/mol. The van der Waals surface area contributed by atoms with E-state index in [9.17, 15) is 0 Å². The fourth-order valence-corrected chi connectivity index (χ4v) is 4.62. The predicted molar refractivity (Wildman–Crippen MR) is 134 cm³/mol. The lowest BCUT2D eigenvalue weighted by Gasteiger charge is -2.36. The molecule has 2 aromatic carbocycles. The molecular formula is C26H34N6O. The van der Waals surface area contributed by atoms with Gasteiger partial charge in [-0.2, -0.15) is 10.7 Å². The molecule has 7 heteroatoms. The molecule has 1 unspecified atom stereocenters. The summed E-state index contributed by atoms with van der Waals surface area (Å²) in [6.07, 6.45) is 7.00. The van der Waals surface area contributed by atoms with Crippen molar-refractivity contribution in [1.82, 2.24) is 20.3 Å². The van der Waals surface area contributed by atoms with Crippen LogP contribution in [0.4, 0.5) is 5.69 Å². The number of amidine groups is 1. The second-order valence-electron chi connectivity index (χ2n) is 8.88. The largest absolute Gasteiger partial charge is 0.376 e. The molecule has 2 aromatic rings. The van der Waals surface area contributed by atoms with Crippen LogP contribution in [-0.2, 0) is 4.74 Å². The molecule has 0 amide bonds. The van der Waals surface area contributed by atoms with Gasteiger partial charge in [0.15, 0.2) is 5.84 Å². The van der Waals surface area contributed by atoms with Gasteiger partial charge in [0.25, 0.3) is 0 Å². The molecule has 2 fully saturated rings. The highest BCUT2D eigenvalue weighted by Gasteiger charge is 2.31. The van der Waals surface area contributed by atoms with Gasteiger partial charge < -0.3 is 4.74 Å². The van der Waals surface area contributed by atoms with Gasteiger partial charge in [0.2, 0.25) is 0 Å². The molecule has 0 aromatic heterocycles. The van der Waals surface area contributed by atoms with E-state index < -0.39 is 0 Å². The summed E-state index contributed by atoms with van der Waals surface area (Å²) >= 11 is 0. The molecule has 5 rings (SSSR count). The standard InChI is InChI=1S/C26H34N6O/c1-3-9-23(10-4-1)11-7-15-29-16-18-30(19-17-29)22-26-27-28-32(24-12-5-2-6-13-24)31(26)21-25-14-8-20-33-25/h1-7,9-13,25,28H,8,14-22H2. The number of hydrogen-bond acceptors (Lipinski definition) is 7. The summed E-state index contributed by atoms with van der Waals surface area (Å²) in [5, 5.41) is 9.03. The van der Waals surface area contributed by atoms with Crippen LogP contribution in [0.5, 0.6) is 0 Å². The van der Waals surface area contributed by atoms with Gasteiger partial charge in [0.05, 0.1) is 24.9 Å². The average Bonchev–Trinajstić information content (AvgIpc) is 3.52. The van der Waals surface area contributed by atoms with Crippen LogP contribution in [0.1, 0.15) is 18.4 Å². The lowest BCUT2D eigenvalue weighted by Crippen LogP contribution is -2.53.